The van der Waals surface area contributed by atoms with Gasteiger partial charge in [-0.15, -0.1) is 5.10 Å². The first-order valence-electron chi connectivity index (χ1n) is 5.05. The Hall–Kier alpha value is -1.71. The van der Waals surface area contributed by atoms with Crippen molar-refractivity contribution < 1.29 is 0 Å². The van der Waals surface area contributed by atoms with Crippen LogP contribution in [-0.2, 0) is 7.05 Å². The summed E-state index contributed by atoms with van der Waals surface area (Å²) in [6, 6.07) is 3.92. The van der Waals surface area contributed by atoms with Crippen LogP contribution >= 0.6 is 0 Å². The highest BCUT2D eigenvalue weighted by atomic mass is 15.4. The molecule has 2 aromatic heterocycles. The third-order valence-corrected chi connectivity index (χ3v) is 1.80. The molecule has 0 bridgehead atoms. The predicted molar refractivity (Wildman–Crippen MR) is 60.3 cm³/mol. The summed E-state index contributed by atoms with van der Waals surface area (Å²) >= 11 is 0. The minimum atomic E-state index is 0.882. The maximum atomic E-state index is 4.12. The van der Waals surface area contributed by atoms with E-state index < -0.39 is 0 Å². The molecule has 0 saturated carbocycles. The molecule has 2 rings (SSSR count). The fraction of sp³-hybridized carbons (Fsp3) is 0.364. The summed E-state index contributed by atoms with van der Waals surface area (Å²) in [4.78, 5) is 4.12. The average Bonchev–Trinajstić information content (AvgIpc) is 2.68. The Bertz CT molecular complexity index is 420. The van der Waals surface area contributed by atoms with Crippen molar-refractivity contribution in [1.29, 1.82) is 0 Å². The predicted octanol–water partition coefficient (Wildman–Crippen LogP) is 2.21. The number of hydrogen-bond donors (Lipinski definition) is 0. The molecule has 4 heteroatoms. The molecule has 2 heterocycles. The summed E-state index contributed by atoms with van der Waals surface area (Å²) in [6.07, 6.45) is 3.66. The zero-order chi connectivity index (χ0) is 11.3. The molecule has 4 nitrogen and oxygen atoms in total. The van der Waals surface area contributed by atoms with E-state index >= 15 is 0 Å². The van der Waals surface area contributed by atoms with Crippen molar-refractivity contribution in [3.8, 4) is 11.3 Å². The Morgan fingerprint density at radius 1 is 1.27 bits per heavy atom. The Morgan fingerprint density at radius 3 is 2.53 bits per heavy atom. The van der Waals surface area contributed by atoms with Crippen molar-refractivity contribution >= 4 is 0 Å². The molecule has 0 aliphatic carbocycles. The van der Waals surface area contributed by atoms with E-state index in [4.69, 9.17) is 0 Å². The Balaban J connectivity index is 0.000000531. The fourth-order valence-corrected chi connectivity index (χ4v) is 1.18. The fourth-order valence-electron chi connectivity index (χ4n) is 1.18. The lowest BCUT2D eigenvalue weighted by atomic mass is 10.2. The van der Waals surface area contributed by atoms with Gasteiger partial charge in [-0.25, -0.2) is 0 Å². The van der Waals surface area contributed by atoms with Gasteiger partial charge in [-0.3, -0.25) is 9.67 Å². The molecule has 0 spiro atoms. The number of aryl methyl sites for hydroxylation is 2. The topological polar surface area (TPSA) is 43.6 Å². The van der Waals surface area contributed by atoms with Crippen molar-refractivity contribution in [2.45, 2.75) is 20.8 Å². The highest BCUT2D eigenvalue weighted by molar-refractivity contribution is 5.57. The third-order valence-electron chi connectivity index (χ3n) is 1.80. The SMILES string of the molecule is CC.Cc1cc(-c2cn(C)nn2)ccn1. The van der Waals surface area contributed by atoms with Crippen LogP contribution in [0.15, 0.2) is 24.5 Å². The number of pyridine rings is 1. The quantitative estimate of drug-likeness (QED) is 0.715. The monoisotopic (exact) mass is 204 g/mol. The van der Waals surface area contributed by atoms with Gasteiger partial charge in [0.1, 0.15) is 5.69 Å². The van der Waals surface area contributed by atoms with Crippen molar-refractivity contribution in [1.82, 2.24) is 20.0 Å². The number of nitrogens with zero attached hydrogens (tertiary/aromatic N) is 4. The number of aromatic nitrogens is 4. The van der Waals surface area contributed by atoms with Gasteiger partial charge in [-0.05, 0) is 19.1 Å². The first-order chi connectivity index (χ1) is 7.25. The van der Waals surface area contributed by atoms with Crippen molar-refractivity contribution in [3.63, 3.8) is 0 Å². The third kappa shape index (κ3) is 2.87. The minimum Gasteiger partial charge on any atom is -0.262 e. The lowest BCUT2D eigenvalue weighted by Crippen LogP contribution is -1.85. The van der Waals surface area contributed by atoms with Gasteiger partial charge < -0.3 is 0 Å². The van der Waals surface area contributed by atoms with Crippen LogP contribution in [0, 0.1) is 6.92 Å². The van der Waals surface area contributed by atoms with Crippen LogP contribution in [0.25, 0.3) is 11.3 Å². The molecule has 0 aliphatic rings. The second-order valence-electron chi connectivity index (χ2n) is 2.96. The van der Waals surface area contributed by atoms with Gasteiger partial charge in [-0.1, -0.05) is 19.1 Å². The molecule has 0 aliphatic heterocycles. The first-order valence-corrected chi connectivity index (χ1v) is 5.05. The zero-order valence-corrected chi connectivity index (χ0v) is 9.60. The molecule has 0 amide bonds. The largest absolute Gasteiger partial charge is 0.262 e. The van der Waals surface area contributed by atoms with Crippen molar-refractivity contribution in [3.05, 3.63) is 30.2 Å². The molecule has 15 heavy (non-hydrogen) atoms. The molecule has 0 aromatic carbocycles. The first kappa shape index (κ1) is 11.4. The van der Waals surface area contributed by atoms with E-state index in [2.05, 4.69) is 15.3 Å². The smallest absolute Gasteiger partial charge is 0.113 e. The van der Waals surface area contributed by atoms with E-state index in [0.717, 1.165) is 17.0 Å². The van der Waals surface area contributed by atoms with Gasteiger partial charge in [0.25, 0.3) is 0 Å². The average molecular weight is 204 g/mol. The summed E-state index contributed by atoms with van der Waals surface area (Å²) in [6.45, 7) is 5.96. The van der Waals surface area contributed by atoms with Gasteiger partial charge in [0.15, 0.2) is 0 Å². The number of hydrogen-bond acceptors (Lipinski definition) is 3. The summed E-state index contributed by atoms with van der Waals surface area (Å²) in [5, 5.41) is 7.88. The minimum absolute atomic E-state index is 0.882. The molecule has 0 radical (unpaired) electrons. The van der Waals surface area contributed by atoms with E-state index in [1.165, 1.54) is 0 Å². The van der Waals surface area contributed by atoms with Crippen LogP contribution in [0.3, 0.4) is 0 Å². The van der Waals surface area contributed by atoms with E-state index in [1.54, 1.807) is 10.9 Å². The second kappa shape index (κ2) is 5.24. The standard InChI is InChI=1S/C9H10N4.C2H6/c1-7-5-8(3-4-10-7)9-6-13(2)12-11-9;1-2/h3-6H,1-2H3;1-2H3. The molecular weight excluding hydrogens is 188 g/mol. The normalized spacial score (nSPS) is 9.33. The van der Waals surface area contributed by atoms with Crippen LogP contribution < -0.4 is 0 Å². The summed E-state index contributed by atoms with van der Waals surface area (Å²) < 4.78 is 1.69. The van der Waals surface area contributed by atoms with Crippen molar-refractivity contribution in [2.75, 3.05) is 0 Å². The highest BCUT2D eigenvalue weighted by Crippen LogP contribution is 2.14. The molecular formula is C11H16N4. The lowest BCUT2D eigenvalue weighted by molar-refractivity contribution is 0.715. The maximum absolute atomic E-state index is 4.12. The van der Waals surface area contributed by atoms with Gasteiger partial charge in [0.2, 0.25) is 0 Å². The van der Waals surface area contributed by atoms with E-state index in [-0.39, 0.29) is 0 Å². The van der Waals surface area contributed by atoms with Gasteiger partial charge in [0.05, 0.1) is 6.20 Å². The van der Waals surface area contributed by atoms with Crippen LogP contribution in [0.2, 0.25) is 0 Å². The number of rotatable bonds is 1. The maximum Gasteiger partial charge on any atom is 0.113 e. The van der Waals surface area contributed by atoms with Gasteiger partial charge in [-0.2, -0.15) is 0 Å². The summed E-state index contributed by atoms with van der Waals surface area (Å²) in [5.41, 5.74) is 2.93. The van der Waals surface area contributed by atoms with Crippen LogP contribution in [0.4, 0.5) is 0 Å². The van der Waals surface area contributed by atoms with Gasteiger partial charge >= 0.3 is 0 Å². The molecule has 80 valence electrons. The van der Waals surface area contributed by atoms with Crippen molar-refractivity contribution in [2.24, 2.45) is 7.05 Å². The lowest BCUT2D eigenvalue weighted by Gasteiger charge is -1.95. The highest BCUT2D eigenvalue weighted by Gasteiger charge is 2.01. The van der Waals surface area contributed by atoms with Crippen LogP contribution in [0.1, 0.15) is 19.5 Å². The Morgan fingerprint density at radius 2 is 2.00 bits per heavy atom. The van der Waals surface area contributed by atoms with Crippen LogP contribution in [0.5, 0.6) is 0 Å². The Kier molecular flexibility index (Phi) is 3.97. The molecule has 0 N–H and O–H groups in total. The molecule has 0 saturated heterocycles. The molecule has 0 atom stereocenters. The van der Waals surface area contributed by atoms with Crippen LogP contribution in [-0.4, -0.2) is 20.0 Å². The molecule has 0 unspecified atom stereocenters. The second-order valence-corrected chi connectivity index (χ2v) is 2.96. The summed E-state index contributed by atoms with van der Waals surface area (Å²) in [5.74, 6) is 0. The summed E-state index contributed by atoms with van der Waals surface area (Å²) in [7, 11) is 1.85. The molecule has 2 aromatic rings. The van der Waals surface area contributed by atoms with E-state index in [9.17, 15) is 0 Å². The van der Waals surface area contributed by atoms with E-state index in [1.807, 2.05) is 46.1 Å². The molecule has 0 fully saturated rings. The Labute approximate surface area is 90.0 Å². The van der Waals surface area contributed by atoms with E-state index in [0.29, 0.717) is 0 Å². The van der Waals surface area contributed by atoms with Gasteiger partial charge in [0, 0.05) is 24.5 Å². The zero-order valence-electron chi connectivity index (χ0n) is 9.60.